The summed E-state index contributed by atoms with van der Waals surface area (Å²) in [5.41, 5.74) is 0.680. The van der Waals surface area contributed by atoms with Crippen LogP contribution < -0.4 is 5.32 Å². The Labute approximate surface area is 166 Å². The Morgan fingerprint density at radius 1 is 1.39 bits per heavy atom. The summed E-state index contributed by atoms with van der Waals surface area (Å²) in [6, 6.07) is 8.82. The van der Waals surface area contributed by atoms with Gasteiger partial charge in [-0.2, -0.15) is 0 Å². The Kier molecular flexibility index (Phi) is 7.57. The van der Waals surface area contributed by atoms with Gasteiger partial charge in [0.1, 0.15) is 6.04 Å². The molecule has 1 fully saturated rings. The third-order valence-corrected chi connectivity index (χ3v) is 5.43. The maximum absolute atomic E-state index is 13.0. The number of likely N-dealkylation sites (N-methyl/N-ethyl adjacent to an activating group) is 1. The Hall–Kier alpha value is -2.41. The Bertz CT molecular complexity index is 677. The SMILES string of the molecule is CCN1C(=O)C(NC(=O)C(Cc2ccccc2)CN(O)C=O)CCCC1(C)C. The minimum Gasteiger partial charge on any atom is -0.344 e. The van der Waals surface area contributed by atoms with Crippen LogP contribution in [0.25, 0.3) is 0 Å². The molecule has 154 valence electrons. The van der Waals surface area contributed by atoms with Gasteiger partial charge in [0, 0.05) is 12.1 Å². The monoisotopic (exact) mass is 389 g/mol. The van der Waals surface area contributed by atoms with Gasteiger partial charge in [0.2, 0.25) is 18.2 Å². The summed E-state index contributed by atoms with van der Waals surface area (Å²) >= 11 is 0. The summed E-state index contributed by atoms with van der Waals surface area (Å²) in [4.78, 5) is 38.6. The second-order valence-electron chi connectivity index (χ2n) is 7.96. The molecule has 0 aliphatic carbocycles. The van der Waals surface area contributed by atoms with E-state index in [1.165, 1.54) is 0 Å². The predicted molar refractivity (Wildman–Crippen MR) is 105 cm³/mol. The zero-order valence-electron chi connectivity index (χ0n) is 16.9. The lowest BCUT2D eigenvalue weighted by Crippen LogP contribution is -2.54. The zero-order chi connectivity index (χ0) is 20.7. The molecule has 0 aromatic heterocycles. The van der Waals surface area contributed by atoms with E-state index in [9.17, 15) is 19.6 Å². The first-order valence-corrected chi connectivity index (χ1v) is 9.85. The van der Waals surface area contributed by atoms with Crippen LogP contribution in [0.4, 0.5) is 0 Å². The van der Waals surface area contributed by atoms with Crippen LogP contribution in [-0.2, 0) is 20.8 Å². The number of rotatable bonds is 8. The average Bonchev–Trinajstić information content (AvgIpc) is 2.77. The van der Waals surface area contributed by atoms with Crippen LogP contribution in [0.3, 0.4) is 0 Å². The maximum Gasteiger partial charge on any atom is 0.245 e. The fraction of sp³-hybridized carbons (Fsp3) is 0.571. The van der Waals surface area contributed by atoms with E-state index in [1.54, 1.807) is 0 Å². The average molecular weight is 389 g/mol. The molecule has 7 nitrogen and oxygen atoms in total. The number of hydrogen-bond acceptors (Lipinski definition) is 4. The Balaban J connectivity index is 2.14. The van der Waals surface area contributed by atoms with Gasteiger partial charge >= 0.3 is 0 Å². The minimum absolute atomic E-state index is 0.0759. The highest BCUT2D eigenvalue weighted by atomic mass is 16.5. The van der Waals surface area contributed by atoms with Crippen LogP contribution >= 0.6 is 0 Å². The van der Waals surface area contributed by atoms with E-state index in [2.05, 4.69) is 5.32 Å². The second kappa shape index (κ2) is 9.68. The van der Waals surface area contributed by atoms with Crippen molar-refractivity contribution in [2.45, 2.75) is 58.0 Å². The van der Waals surface area contributed by atoms with Crippen LogP contribution in [0.15, 0.2) is 30.3 Å². The van der Waals surface area contributed by atoms with Crippen molar-refractivity contribution in [3.05, 3.63) is 35.9 Å². The van der Waals surface area contributed by atoms with E-state index >= 15 is 0 Å². The fourth-order valence-corrected chi connectivity index (χ4v) is 3.90. The van der Waals surface area contributed by atoms with Crippen molar-refractivity contribution in [1.29, 1.82) is 0 Å². The normalized spacial score (nSPS) is 20.2. The summed E-state index contributed by atoms with van der Waals surface area (Å²) < 4.78 is 0. The van der Waals surface area contributed by atoms with Gasteiger partial charge in [-0.3, -0.25) is 19.6 Å². The van der Waals surface area contributed by atoms with Crippen molar-refractivity contribution in [3.8, 4) is 0 Å². The van der Waals surface area contributed by atoms with Crippen LogP contribution in [0, 0.1) is 5.92 Å². The summed E-state index contributed by atoms with van der Waals surface area (Å²) in [5.74, 6) is -1.07. The molecular weight excluding hydrogens is 358 g/mol. The molecule has 1 aromatic carbocycles. The number of likely N-dealkylation sites (tertiary alicyclic amines) is 1. The molecule has 0 saturated carbocycles. The standard InChI is InChI=1S/C21H31N3O4/c1-4-24-20(27)18(11-8-12-21(24,2)3)22-19(26)17(14-23(28)15-25)13-16-9-6-5-7-10-16/h5-7,9-10,15,17-18,28H,4,8,11-14H2,1-3H3,(H,22,26). The van der Waals surface area contributed by atoms with Crippen LogP contribution in [-0.4, -0.2) is 58.1 Å². The molecule has 28 heavy (non-hydrogen) atoms. The summed E-state index contributed by atoms with van der Waals surface area (Å²) in [6.45, 7) is 6.49. The molecule has 0 radical (unpaired) electrons. The van der Waals surface area contributed by atoms with Crippen LogP contribution in [0.5, 0.6) is 0 Å². The molecule has 1 aromatic rings. The van der Waals surface area contributed by atoms with E-state index in [-0.39, 0.29) is 30.3 Å². The van der Waals surface area contributed by atoms with Gasteiger partial charge in [-0.25, -0.2) is 5.06 Å². The predicted octanol–water partition coefficient (Wildman–Crippen LogP) is 1.99. The molecule has 2 N–H and O–H groups in total. The van der Waals surface area contributed by atoms with Gasteiger partial charge in [0.15, 0.2) is 0 Å². The lowest BCUT2D eigenvalue weighted by atomic mass is 9.96. The maximum atomic E-state index is 13.0. The largest absolute Gasteiger partial charge is 0.344 e. The van der Waals surface area contributed by atoms with Crippen molar-refractivity contribution in [3.63, 3.8) is 0 Å². The molecule has 2 unspecified atom stereocenters. The molecular formula is C21H31N3O4. The van der Waals surface area contributed by atoms with E-state index in [0.29, 0.717) is 24.4 Å². The highest BCUT2D eigenvalue weighted by Crippen LogP contribution is 2.27. The van der Waals surface area contributed by atoms with Gasteiger partial charge in [-0.1, -0.05) is 30.3 Å². The first kappa shape index (κ1) is 21.9. The molecule has 1 heterocycles. The van der Waals surface area contributed by atoms with Crippen molar-refractivity contribution < 1.29 is 19.6 Å². The lowest BCUT2D eigenvalue weighted by molar-refractivity contribution is -0.155. The summed E-state index contributed by atoms with van der Waals surface area (Å²) in [5, 5.41) is 13.0. The number of hydrogen-bond donors (Lipinski definition) is 2. The van der Waals surface area contributed by atoms with Crippen molar-refractivity contribution >= 4 is 18.2 Å². The lowest BCUT2D eigenvalue weighted by Gasteiger charge is -2.37. The van der Waals surface area contributed by atoms with Gasteiger partial charge in [-0.15, -0.1) is 0 Å². The molecule has 0 spiro atoms. The Morgan fingerprint density at radius 3 is 2.68 bits per heavy atom. The molecule has 2 rings (SSSR count). The first-order chi connectivity index (χ1) is 13.3. The third-order valence-electron chi connectivity index (χ3n) is 5.43. The molecule has 3 amide bonds. The van der Waals surface area contributed by atoms with Crippen molar-refractivity contribution in [1.82, 2.24) is 15.3 Å². The van der Waals surface area contributed by atoms with Crippen LogP contribution in [0.1, 0.15) is 45.6 Å². The first-order valence-electron chi connectivity index (χ1n) is 9.85. The number of carbonyl (C=O) groups excluding carboxylic acids is 3. The van der Waals surface area contributed by atoms with Gasteiger partial charge in [-0.05, 0) is 52.0 Å². The van der Waals surface area contributed by atoms with E-state index in [0.717, 1.165) is 18.4 Å². The quantitative estimate of drug-likeness (QED) is 0.404. The molecule has 1 aliphatic rings. The Morgan fingerprint density at radius 2 is 2.07 bits per heavy atom. The van der Waals surface area contributed by atoms with Crippen molar-refractivity contribution in [2.24, 2.45) is 5.92 Å². The van der Waals surface area contributed by atoms with Crippen molar-refractivity contribution in [2.75, 3.05) is 13.1 Å². The molecule has 7 heteroatoms. The fourth-order valence-electron chi connectivity index (χ4n) is 3.90. The molecule has 1 aliphatic heterocycles. The third kappa shape index (κ3) is 5.55. The number of carbonyl (C=O) groups is 3. The number of nitrogens with one attached hydrogen (secondary N) is 1. The van der Waals surface area contributed by atoms with Crippen LogP contribution in [0.2, 0.25) is 0 Å². The van der Waals surface area contributed by atoms with E-state index in [1.807, 2.05) is 56.0 Å². The summed E-state index contributed by atoms with van der Waals surface area (Å²) in [7, 11) is 0. The molecule has 2 atom stereocenters. The zero-order valence-corrected chi connectivity index (χ0v) is 16.9. The molecule has 1 saturated heterocycles. The second-order valence-corrected chi connectivity index (χ2v) is 7.96. The topological polar surface area (TPSA) is 90.0 Å². The van der Waals surface area contributed by atoms with Gasteiger partial charge in [0.25, 0.3) is 0 Å². The smallest absolute Gasteiger partial charge is 0.245 e. The molecule has 0 bridgehead atoms. The van der Waals surface area contributed by atoms with Gasteiger partial charge < -0.3 is 10.2 Å². The van der Waals surface area contributed by atoms with E-state index < -0.39 is 12.0 Å². The number of amides is 3. The van der Waals surface area contributed by atoms with Gasteiger partial charge in [0.05, 0.1) is 12.5 Å². The van der Waals surface area contributed by atoms with E-state index in [4.69, 9.17) is 0 Å². The summed E-state index contributed by atoms with van der Waals surface area (Å²) in [6.07, 6.45) is 2.94. The highest BCUT2D eigenvalue weighted by Gasteiger charge is 2.38. The minimum atomic E-state index is -0.656. The number of nitrogens with zero attached hydrogens (tertiary/aromatic N) is 2. The number of benzene rings is 1. The highest BCUT2D eigenvalue weighted by molar-refractivity contribution is 5.89. The number of hydroxylamine groups is 2.